The van der Waals surface area contributed by atoms with Crippen molar-refractivity contribution in [3.63, 3.8) is 0 Å². The number of aryl methyl sites for hydroxylation is 1. The average molecular weight is 244 g/mol. The molecule has 0 aliphatic rings. The van der Waals surface area contributed by atoms with E-state index in [9.17, 15) is 0 Å². The van der Waals surface area contributed by atoms with E-state index in [1.807, 2.05) is 18.2 Å². The molecule has 2 aromatic rings. The number of fused-ring (bicyclic) bond motifs is 1. The molecule has 18 heavy (non-hydrogen) atoms. The maximum atomic E-state index is 7.38. The van der Waals surface area contributed by atoms with Crippen LogP contribution in [-0.2, 0) is 12.0 Å². The Morgan fingerprint density at radius 3 is 2.61 bits per heavy atom. The summed E-state index contributed by atoms with van der Waals surface area (Å²) < 4.78 is 2.18. The Balaban J connectivity index is 2.54. The second kappa shape index (κ2) is 4.44. The summed E-state index contributed by atoms with van der Waals surface area (Å²) in [4.78, 5) is 4.71. The topological polar surface area (TPSA) is 67.7 Å². The highest BCUT2D eigenvalue weighted by Gasteiger charge is 2.22. The Morgan fingerprint density at radius 1 is 1.33 bits per heavy atom. The summed E-state index contributed by atoms with van der Waals surface area (Å²) in [6, 6.07) is 8.10. The summed E-state index contributed by atoms with van der Waals surface area (Å²) in [6.07, 6.45) is 0.559. The van der Waals surface area contributed by atoms with Gasteiger partial charge in [0.2, 0.25) is 0 Å². The summed E-state index contributed by atoms with van der Waals surface area (Å²) >= 11 is 0. The van der Waals surface area contributed by atoms with Crippen LogP contribution in [0.2, 0.25) is 0 Å². The predicted octanol–water partition coefficient (Wildman–Crippen LogP) is 2.66. The monoisotopic (exact) mass is 244 g/mol. The molecule has 0 atom stereocenters. The lowest BCUT2D eigenvalue weighted by Gasteiger charge is -2.20. The molecule has 1 heterocycles. The molecule has 2 rings (SSSR count). The van der Waals surface area contributed by atoms with Gasteiger partial charge in [-0.2, -0.15) is 0 Å². The van der Waals surface area contributed by atoms with Gasteiger partial charge < -0.3 is 10.3 Å². The molecule has 0 radical (unpaired) electrons. The third-order valence-corrected chi connectivity index (χ3v) is 2.93. The largest absolute Gasteiger partial charge is 0.388 e. The first-order valence-electron chi connectivity index (χ1n) is 6.18. The molecule has 0 unspecified atom stereocenters. The molecule has 0 fully saturated rings. The smallest absolute Gasteiger partial charge is 0.115 e. The number of benzene rings is 1. The summed E-state index contributed by atoms with van der Waals surface area (Å²) in [6.45, 7) is 7.16. The minimum absolute atomic E-state index is 0.0180. The van der Waals surface area contributed by atoms with E-state index in [4.69, 9.17) is 16.1 Å². The second-order valence-corrected chi connectivity index (χ2v) is 5.60. The van der Waals surface area contributed by atoms with Gasteiger partial charge in [-0.05, 0) is 12.1 Å². The van der Waals surface area contributed by atoms with Crippen LogP contribution < -0.4 is 5.73 Å². The maximum absolute atomic E-state index is 7.38. The normalized spacial score (nSPS) is 11.9. The van der Waals surface area contributed by atoms with Crippen LogP contribution in [0.25, 0.3) is 11.0 Å². The first-order chi connectivity index (χ1) is 8.39. The van der Waals surface area contributed by atoms with E-state index < -0.39 is 0 Å². The van der Waals surface area contributed by atoms with Gasteiger partial charge in [0.15, 0.2) is 0 Å². The molecule has 0 amide bonds. The zero-order valence-electron chi connectivity index (χ0n) is 11.2. The molecule has 1 aromatic carbocycles. The molecule has 0 aliphatic heterocycles. The minimum atomic E-state index is -0.0180. The molecular weight excluding hydrogens is 224 g/mol. The molecule has 4 nitrogen and oxygen atoms in total. The van der Waals surface area contributed by atoms with E-state index in [1.54, 1.807) is 0 Å². The number of aromatic nitrogens is 2. The fourth-order valence-corrected chi connectivity index (χ4v) is 2.11. The van der Waals surface area contributed by atoms with Crippen LogP contribution in [0.3, 0.4) is 0 Å². The zero-order valence-corrected chi connectivity index (χ0v) is 11.2. The van der Waals surface area contributed by atoms with Gasteiger partial charge in [0.25, 0.3) is 0 Å². The Bertz CT molecular complexity index is 575. The van der Waals surface area contributed by atoms with Crippen molar-refractivity contribution in [1.82, 2.24) is 9.55 Å². The molecule has 4 heteroatoms. The van der Waals surface area contributed by atoms with Crippen molar-refractivity contribution in [1.29, 1.82) is 5.41 Å². The Hall–Kier alpha value is -1.84. The van der Waals surface area contributed by atoms with Gasteiger partial charge in [0.05, 0.1) is 16.9 Å². The number of para-hydroxylation sites is 2. The number of rotatable bonds is 3. The van der Waals surface area contributed by atoms with Crippen LogP contribution >= 0.6 is 0 Å². The lowest BCUT2D eigenvalue weighted by atomic mass is 9.95. The minimum Gasteiger partial charge on any atom is -0.388 e. The number of nitrogens with zero attached hydrogens (tertiary/aromatic N) is 2. The summed E-state index contributed by atoms with van der Waals surface area (Å²) in [5.74, 6) is 1.26. The van der Waals surface area contributed by atoms with Crippen molar-refractivity contribution < 1.29 is 0 Å². The molecule has 96 valence electrons. The predicted molar refractivity (Wildman–Crippen MR) is 75.0 cm³/mol. The molecule has 0 saturated carbocycles. The molecule has 3 N–H and O–H groups in total. The zero-order chi connectivity index (χ0) is 13.3. The Kier molecular flexibility index (Phi) is 3.11. The van der Waals surface area contributed by atoms with Crippen molar-refractivity contribution in [3.05, 3.63) is 30.1 Å². The van der Waals surface area contributed by atoms with Crippen molar-refractivity contribution >= 4 is 16.9 Å². The lowest BCUT2D eigenvalue weighted by Crippen LogP contribution is -2.21. The summed E-state index contributed by atoms with van der Waals surface area (Å²) in [5.41, 5.74) is 7.56. The van der Waals surface area contributed by atoms with E-state index in [2.05, 4.69) is 31.4 Å². The maximum Gasteiger partial charge on any atom is 0.115 e. The number of nitrogens with two attached hydrogens (primary N) is 1. The second-order valence-electron chi connectivity index (χ2n) is 5.60. The van der Waals surface area contributed by atoms with Gasteiger partial charge in [0, 0.05) is 18.4 Å². The van der Waals surface area contributed by atoms with Gasteiger partial charge in [-0.1, -0.05) is 32.9 Å². The van der Waals surface area contributed by atoms with Gasteiger partial charge in [-0.3, -0.25) is 5.41 Å². The highest BCUT2D eigenvalue weighted by molar-refractivity contribution is 5.78. The number of hydrogen-bond donors (Lipinski definition) is 2. The SMILES string of the molecule is CC(C)(C)c1nc2ccccc2n1CCC(=N)N. The Morgan fingerprint density at radius 2 is 2.00 bits per heavy atom. The highest BCUT2D eigenvalue weighted by Crippen LogP contribution is 2.26. The summed E-state index contributed by atoms with van der Waals surface area (Å²) in [7, 11) is 0. The number of nitrogens with one attached hydrogen (secondary N) is 1. The van der Waals surface area contributed by atoms with E-state index >= 15 is 0 Å². The van der Waals surface area contributed by atoms with Crippen LogP contribution in [0.15, 0.2) is 24.3 Å². The standard InChI is InChI=1S/C14H20N4/c1-14(2,3)13-17-10-6-4-5-7-11(10)18(13)9-8-12(15)16/h4-7H,8-9H2,1-3H3,(H3,15,16). The van der Waals surface area contributed by atoms with E-state index in [-0.39, 0.29) is 11.3 Å². The third kappa shape index (κ3) is 2.37. The fraction of sp³-hybridized carbons (Fsp3) is 0.429. The molecule has 0 saturated heterocycles. The first kappa shape index (κ1) is 12.6. The van der Waals surface area contributed by atoms with Gasteiger partial charge in [-0.25, -0.2) is 4.98 Å². The van der Waals surface area contributed by atoms with E-state index in [0.717, 1.165) is 16.9 Å². The van der Waals surface area contributed by atoms with Crippen LogP contribution in [0.4, 0.5) is 0 Å². The molecule has 0 aliphatic carbocycles. The van der Waals surface area contributed by atoms with Crippen LogP contribution in [-0.4, -0.2) is 15.4 Å². The molecule has 1 aromatic heterocycles. The van der Waals surface area contributed by atoms with Crippen molar-refractivity contribution in [2.45, 2.75) is 39.2 Å². The summed E-state index contributed by atoms with van der Waals surface area (Å²) in [5, 5.41) is 7.38. The number of amidine groups is 1. The third-order valence-electron chi connectivity index (χ3n) is 2.93. The van der Waals surface area contributed by atoms with Crippen molar-refractivity contribution in [2.75, 3.05) is 0 Å². The van der Waals surface area contributed by atoms with Gasteiger partial charge >= 0.3 is 0 Å². The van der Waals surface area contributed by atoms with Crippen LogP contribution in [0.5, 0.6) is 0 Å². The van der Waals surface area contributed by atoms with Gasteiger partial charge in [-0.15, -0.1) is 0 Å². The highest BCUT2D eigenvalue weighted by atomic mass is 15.1. The molecular formula is C14H20N4. The lowest BCUT2D eigenvalue weighted by molar-refractivity contribution is 0.507. The molecule has 0 spiro atoms. The number of hydrogen-bond acceptors (Lipinski definition) is 2. The number of imidazole rings is 1. The first-order valence-corrected chi connectivity index (χ1v) is 6.18. The van der Waals surface area contributed by atoms with Crippen molar-refractivity contribution in [3.8, 4) is 0 Å². The van der Waals surface area contributed by atoms with E-state index in [1.165, 1.54) is 0 Å². The van der Waals surface area contributed by atoms with Crippen LogP contribution in [0, 0.1) is 5.41 Å². The van der Waals surface area contributed by atoms with Crippen LogP contribution in [0.1, 0.15) is 33.0 Å². The van der Waals surface area contributed by atoms with Gasteiger partial charge in [0.1, 0.15) is 5.82 Å². The molecule has 0 bridgehead atoms. The Labute approximate surface area is 107 Å². The van der Waals surface area contributed by atoms with E-state index in [0.29, 0.717) is 13.0 Å². The van der Waals surface area contributed by atoms with Crippen molar-refractivity contribution in [2.24, 2.45) is 5.73 Å². The fourth-order valence-electron chi connectivity index (χ4n) is 2.11. The average Bonchev–Trinajstić information content (AvgIpc) is 2.64. The quantitative estimate of drug-likeness (QED) is 0.644.